The fourth-order valence-electron chi connectivity index (χ4n) is 2.23. The molecule has 1 aromatic carbocycles. The molecule has 0 heterocycles. The van der Waals surface area contributed by atoms with Gasteiger partial charge in [0.15, 0.2) is 0 Å². The number of hydrogen-bond acceptors (Lipinski definition) is 3. The Morgan fingerprint density at radius 2 is 1.81 bits per heavy atom. The van der Waals surface area contributed by atoms with E-state index in [1.807, 2.05) is 6.92 Å². The Kier molecular flexibility index (Phi) is 7.23. The van der Waals surface area contributed by atoms with Crippen molar-refractivity contribution < 1.29 is 9.90 Å². The van der Waals surface area contributed by atoms with Crippen molar-refractivity contribution in [3.8, 4) is 5.75 Å². The number of aromatic hydroxyl groups is 1. The summed E-state index contributed by atoms with van der Waals surface area (Å²) in [7, 11) is 0. The highest BCUT2D eigenvalue weighted by Gasteiger charge is 2.16. The summed E-state index contributed by atoms with van der Waals surface area (Å²) in [5.41, 5.74) is 6.89. The van der Waals surface area contributed by atoms with Crippen molar-refractivity contribution in [3.05, 3.63) is 29.8 Å². The molecule has 21 heavy (non-hydrogen) atoms. The Morgan fingerprint density at radius 3 is 2.38 bits per heavy atom. The summed E-state index contributed by atoms with van der Waals surface area (Å²) in [6, 6.07) is 6.38. The van der Waals surface area contributed by atoms with Gasteiger partial charge in [0.2, 0.25) is 5.91 Å². The van der Waals surface area contributed by atoms with Gasteiger partial charge in [0.05, 0.1) is 6.04 Å². The van der Waals surface area contributed by atoms with Gasteiger partial charge in [0.25, 0.3) is 0 Å². The summed E-state index contributed by atoms with van der Waals surface area (Å²) in [4.78, 5) is 12.0. The molecular weight excluding hydrogens is 264 g/mol. The van der Waals surface area contributed by atoms with Crippen LogP contribution in [0.4, 0.5) is 0 Å². The molecule has 0 bridgehead atoms. The number of amides is 1. The first-order valence-electron chi connectivity index (χ1n) is 7.72. The minimum absolute atomic E-state index is 0.111. The normalized spacial score (nSPS) is 14.0. The Hall–Kier alpha value is -1.55. The number of hydrogen-bond donors (Lipinski definition) is 3. The van der Waals surface area contributed by atoms with E-state index in [0.717, 1.165) is 18.4 Å². The van der Waals surface area contributed by atoms with Gasteiger partial charge in [-0.2, -0.15) is 0 Å². The number of benzene rings is 1. The summed E-state index contributed by atoms with van der Waals surface area (Å²) < 4.78 is 0. The molecule has 0 saturated heterocycles. The Bertz CT molecular complexity index is 429. The third kappa shape index (κ3) is 7.14. The Morgan fingerprint density at radius 1 is 1.19 bits per heavy atom. The van der Waals surface area contributed by atoms with E-state index in [1.165, 1.54) is 6.42 Å². The standard InChI is InChI=1S/C17H28N2O2/c1-12(2)5-4-6-13(3)19-17(21)16(18)11-14-7-9-15(20)10-8-14/h7-10,12-13,16,20H,4-6,11,18H2,1-3H3,(H,19,21). The molecule has 0 aromatic heterocycles. The quantitative estimate of drug-likeness (QED) is 0.689. The topological polar surface area (TPSA) is 75.4 Å². The van der Waals surface area contributed by atoms with Crippen LogP contribution in [0.25, 0.3) is 0 Å². The first-order valence-corrected chi connectivity index (χ1v) is 7.72. The van der Waals surface area contributed by atoms with Gasteiger partial charge in [-0.05, 0) is 43.4 Å². The van der Waals surface area contributed by atoms with Crippen LogP contribution in [0, 0.1) is 5.92 Å². The second-order valence-corrected chi connectivity index (χ2v) is 6.21. The zero-order valence-electron chi connectivity index (χ0n) is 13.3. The van der Waals surface area contributed by atoms with Crippen LogP contribution in [0.2, 0.25) is 0 Å². The van der Waals surface area contributed by atoms with Crippen LogP contribution in [0.5, 0.6) is 5.75 Å². The number of carbonyl (C=O) groups excluding carboxylic acids is 1. The molecule has 1 rings (SSSR count). The average Bonchev–Trinajstić information content (AvgIpc) is 2.40. The summed E-state index contributed by atoms with van der Waals surface area (Å²) in [5.74, 6) is 0.806. The van der Waals surface area contributed by atoms with Crippen LogP contribution in [0.3, 0.4) is 0 Å². The second-order valence-electron chi connectivity index (χ2n) is 6.21. The largest absolute Gasteiger partial charge is 0.508 e. The van der Waals surface area contributed by atoms with Crippen molar-refractivity contribution in [1.29, 1.82) is 0 Å². The van der Waals surface area contributed by atoms with Gasteiger partial charge in [0, 0.05) is 6.04 Å². The predicted molar refractivity (Wildman–Crippen MR) is 86.1 cm³/mol. The van der Waals surface area contributed by atoms with Gasteiger partial charge in [-0.1, -0.05) is 38.8 Å². The molecular formula is C17H28N2O2. The van der Waals surface area contributed by atoms with Crippen molar-refractivity contribution in [2.24, 2.45) is 11.7 Å². The average molecular weight is 292 g/mol. The molecule has 4 heteroatoms. The van der Waals surface area contributed by atoms with Crippen LogP contribution < -0.4 is 11.1 Å². The second kappa shape index (κ2) is 8.67. The van der Waals surface area contributed by atoms with Crippen LogP contribution in [-0.4, -0.2) is 23.1 Å². The number of rotatable bonds is 8. The number of carbonyl (C=O) groups is 1. The van der Waals surface area contributed by atoms with Crippen molar-refractivity contribution in [2.75, 3.05) is 0 Å². The minimum atomic E-state index is -0.554. The maximum atomic E-state index is 12.0. The molecule has 0 aliphatic carbocycles. The van der Waals surface area contributed by atoms with Crippen LogP contribution in [-0.2, 0) is 11.2 Å². The lowest BCUT2D eigenvalue weighted by molar-refractivity contribution is -0.123. The van der Waals surface area contributed by atoms with E-state index in [1.54, 1.807) is 24.3 Å². The Balaban J connectivity index is 2.34. The van der Waals surface area contributed by atoms with Gasteiger partial charge < -0.3 is 16.2 Å². The molecule has 1 amide bonds. The molecule has 0 radical (unpaired) electrons. The van der Waals surface area contributed by atoms with Crippen molar-refractivity contribution in [1.82, 2.24) is 5.32 Å². The van der Waals surface area contributed by atoms with Gasteiger partial charge in [-0.25, -0.2) is 0 Å². The highest BCUT2D eigenvalue weighted by molar-refractivity contribution is 5.82. The molecule has 2 atom stereocenters. The molecule has 0 saturated carbocycles. The summed E-state index contributed by atoms with van der Waals surface area (Å²) >= 11 is 0. The molecule has 0 spiro atoms. The molecule has 118 valence electrons. The van der Waals surface area contributed by atoms with Gasteiger partial charge >= 0.3 is 0 Å². The van der Waals surface area contributed by atoms with E-state index in [0.29, 0.717) is 12.3 Å². The van der Waals surface area contributed by atoms with Gasteiger partial charge in [-0.3, -0.25) is 4.79 Å². The van der Waals surface area contributed by atoms with E-state index in [9.17, 15) is 9.90 Å². The van der Waals surface area contributed by atoms with E-state index >= 15 is 0 Å². The van der Waals surface area contributed by atoms with Gasteiger partial charge in [-0.15, -0.1) is 0 Å². The first-order chi connectivity index (χ1) is 9.88. The number of phenolic OH excluding ortho intramolecular Hbond substituents is 1. The van der Waals surface area contributed by atoms with E-state index < -0.39 is 6.04 Å². The monoisotopic (exact) mass is 292 g/mol. The minimum Gasteiger partial charge on any atom is -0.508 e. The molecule has 4 nitrogen and oxygen atoms in total. The van der Waals surface area contributed by atoms with Crippen LogP contribution in [0.15, 0.2) is 24.3 Å². The first kappa shape index (κ1) is 17.5. The van der Waals surface area contributed by atoms with E-state index in [-0.39, 0.29) is 17.7 Å². The third-order valence-electron chi connectivity index (χ3n) is 3.54. The molecule has 1 aromatic rings. The lowest BCUT2D eigenvalue weighted by Gasteiger charge is -2.18. The number of phenols is 1. The van der Waals surface area contributed by atoms with E-state index in [2.05, 4.69) is 19.2 Å². The molecule has 0 aliphatic heterocycles. The lowest BCUT2D eigenvalue weighted by Crippen LogP contribution is -2.45. The number of nitrogens with one attached hydrogen (secondary N) is 1. The van der Waals surface area contributed by atoms with Gasteiger partial charge in [0.1, 0.15) is 5.75 Å². The highest BCUT2D eigenvalue weighted by atomic mass is 16.3. The SMILES string of the molecule is CC(C)CCCC(C)NC(=O)C(N)Cc1ccc(O)cc1. The fraction of sp³-hybridized carbons (Fsp3) is 0.588. The molecule has 2 unspecified atom stereocenters. The van der Waals surface area contributed by atoms with Crippen molar-refractivity contribution >= 4 is 5.91 Å². The third-order valence-corrected chi connectivity index (χ3v) is 3.54. The van der Waals surface area contributed by atoms with Crippen LogP contribution in [0.1, 0.15) is 45.6 Å². The molecule has 0 aliphatic rings. The highest BCUT2D eigenvalue weighted by Crippen LogP contribution is 2.11. The maximum absolute atomic E-state index is 12.0. The summed E-state index contributed by atoms with van der Waals surface area (Å²) in [6.45, 7) is 6.43. The number of nitrogens with two attached hydrogens (primary N) is 1. The maximum Gasteiger partial charge on any atom is 0.237 e. The van der Waals surface area contributed by atoms with Crippen LogP contribution >= 0.6 is 0 Å². The smallest absolute Gasteiger partial charge is 0.237 e. The summed E-state index contributed by atoms with van der Waals surface area (Å²) in [6.07, 6.45) is 3.76. The zero-order chi connectivity index (χ0) is 15.8. The van der Waals surface area contributed by atoms with Crippen molar-refractivity contribution in [2.45, 2.75) is 58.5 Å². The summed E-state index contributed by atoms with van der Waals surface area (Å²) in [5, 5.41) is 12.2. The lowest BCUT2D eigenvalue weighted by atomic mass is 10.0. The molecule has 0 fully saturated rings. The predicted octanol–water partition coefficient (Wildman–Crippen LogP) is 2.59. The fourth-order valence-corrected chi connectivity index (χ4v) is 2.23. The zero-order valence-corrected chi connectivity index (χ0v) is 13.3. The van der Waals surface area contributed by atoms with Crippen molar-refractivity contribution in [3.63, 3.8) is 0 Å². The van der Waals surface area contributed by atoms with E-state index in [4.69, 9.17) is 5.73 Å². The Labute approximate surface area is 127 Å². The molecule has 4 N–H and O–H groups in total.